The third-order valence-corrected chi connectivity index (χ3v) is 7.17. The Morgan fingerprint density at radius 2 is 2.00 bits per heavy atom. The van der Waals surface area contributed by atoms with E-state index in [-0.39, 0.29) is 5.91 Å². The molecule has 2 atom stereocenters. The number of nitrogens with zero attached hydrogens (tertiary/aromatic N) is 1. The van der Waals surface area contributed by atoms with Crippen molar-refractivity contribution in [2.24, 2.45) is 10.9 Å². The van der Waals surface area contributed by atoms with Crippen LogP contribution in [0.25, 0.3) is 0 Å². The summed E-state index contributed by atoms with van der Waals surface area (Å²) in [6.45, 7) is 11.0. The lowest BCUT2D eigenvalue weighted by Crippen LogP contribution is -2.45. The summed E-state index contributed by atoms with van der Waals surface area (Å²) in [6, 6.07) is 2.61. The Hall–Kier alpha value is -1.84. The van der Waals surface area contributed by atoms with Crippen LogP contribution in [-0.2, 0) is 14.3 Å². The fraction of sp³-hybridized carbons (Fsp3) is 0.708. The van der Waals surface area contributed by atoms with Gasteiger partial charge in [-0.25, -0.2) is 4.79 Å². The van der Waals surface area contributed by atoms with E-state index in [4.69, 9.17) is 23.6 Å². The Kier molecular flexibility index (Phi) is 8.64. The van der Waals surface area contributed by atoms with Crippen LogP contribution >= 0.6 is 11.8 Å². The smallest absolute Gasteiger partial charge is 0.339 e. The summed E-state index contributed by atoms with van der Waals surface area (Å²) in [5.41, 5.74) is -1.47. The predicted molar refractivity (Wildman–Crippen MR) is 129 cm³/mol. The summed E-state index contributed by atoms with van der Waals surface area (Å²) >= 11 is 1.47. The maximum absolute atomic E-state index is 13.3. The minimum Gasteiger partial charge on any atom is -0.493 e. The highest BCUT2D eigenvalue weighted by Crippen LogP contribution is 2.36. The normalized spacial score (nSPS) is 21.5. The third kappa shape index (κ3) is 6.61. The van der Waals surface area contributed by atoms with Gasteiger partial charge in [-0.05, 0) is 52.9 Å². The maximum Gasteiger partial charge on any atom is 0.339 e. The Bertz CT molecular complexity index is 906. The van der Waals surface area contributed by atoms with Crippen LogP contribution in [0, 0.1) is 5.92 Å². The molecule has 0 saturated heterocycles. The SMILES string of the molecule is CCC[C@@H](NC(=O)[C@@]1(C)CSC(C(C)(OCC)OCC)=N1)c1cc(OCC2CC2)cc(=O)o1. The first kappa shape index (κ1) is 25.8. The molecule has 0 aromatic carbocycles. The minimum absolute atomic E-state index is 0.231. The molecule has 8 nitrogen and oxygen atoms in total. The number of amides is 1. The number of hydrogen-bond donors (Lipinski definition) is 1. The van der Waals surface area contributed by atoms with Gasteiger partial charge in [0.25, 0.3) is 0 Å². The molecule has 1 aliphatic carbocycles. The van der Waals surface area contributed by atoms with Crippen molar-refractivity contribution in [2.75, 3.05) is 25.6 Å². The Balaban J connectivity index is 1.77. The van der Waals surface area contributed by atoms with Gasteiger partial charge in [0.1, 0.15) is 22.1 Å². The monoisotopic (exact) mass is 480 g/mol. The van der Waals surface area contributed by atoms with Crippen molar-refractivity contribution in [3.05, 3.63) is 28.3 Å². The second kappa shape index (κ2) is 11.1. The van der Waals surface area contributed by atoms with Gasteiger partial charge in [0, 0.05) is 25.0 Å². The molecule has 184 valence electrons. The molecule has 2 aliphatic rings. The van der Waals surface area contributed by atoms with Crippen LogP contribution in [0.15, 0.2) is 26.3 Å². The highest BCUT2D eigenvalue weighted by Gasteiger charge is 2.45. The van der Waals surface area contributed by atoms with Crippen LogP contribution in [0.3, 0.4) is 0 Å². The predicted octanol–water partition coefficient (Wildman–Crippen LogP) is 4.08. The van der Waals surface area contributed by atoms with Crippen molar-refractivity contribution in [2.45, 2.75) is 77.7 Å². The molecule has 0 bridgehead atoms. The van der Waals surface area contributed by atoms with Crippen molar-refractivity contribution in [3.8, 4) is 5.75 Å². The van der Waals surface area contributed by atoms with Gasteiger partial charge < -0.3 is 23.9 Å². The fourth-order valence-electron chi connectivity index (χ4n) is 3.68. The van der Waals surface area contributed by atoms with Crippen LogP contribution < -0.4 is 15.7 Å². The molecule has 9 heteroatoms. The molecule has 1 fully saturated rings. The van der Waals surface area contributed by atoms with Crippen LogP contribution in [0.5, 0.6) is 5.75 Å². The number of thioether (sulfide) groups is 1. The van der Waals surface area contributed by atoms with Crippen molar-refractivity contribution >= 4 is 22.7 Å². The second-order valence-electron chi connectivity index (χ2n) is 8.87. The van der Waals surface area contributed by atoms with E-state index in [1.807, 2.05) is 27.7 Å². The first-order valence-electron chi connectivity index (χ1n) is 11.8. The molecule has 1 aliphatic heterocycles. The number of nitrogens with one attached hydrogen (secondary N) is 1. The molecule has 3 rings (SSSR count). The van der Waals surface area contributed by atoms with Crippen molar-refractivity contribution in [1.29, 1.82) is 0 Å². The molecule has 1 N–H and O–H groups in total. The van der Waals surface area contributed by atoms with Crippen molar-refractivity contribution in [3.63, 3.8) is 0 Å². The second-order valence-corrected chi connectivity index (χ2v) is 9.84. The Morgan fingerprint density at radius 3 is 2.61 bits per heavy atom. The molecule has 2 heterocycles. The van der Waals surface area contributed by atoms with E-state index in [1.165, 1.54) is 17.8 Å². The van der Waals surface area contributed by atoms with E-state index in [0.717, 1.165) is 19.3 Å². The highest BCUT2D eigenvalue weighted by atomic mass is 32.2. The van der Waals surface area contributed by atoms with E-state index < -0.39 is 23.0 Å². The van der Waals surface area contributed by atoms with Gasteiger partial charge >= 0.3 is 5.63 Å². The number of carbonyl (C=O) groups is 1. The molecule has 0 unspecified atom stereocenters. The average Bonchev–Trinajstić information content (AvgIpc) is 3.51. The lowest BCUT2D eigenvalue weighted by molar-refractivity contribution is -0.169. The summed E-state index contributed by atoms with van der Waals surface area (Å²) in [4.78, 5) is 30.2. The van der Waals surface area contributed by atoms with Gasteiger partial charge in [0.05, 0.1) is 18.7 Å². The molecule has 0 spiro atoms. The van der Waals surface area contributed by atoms with Gasteiger partial charge in [-0.3, -0.25) is 9.79 Å². The van der Waals surface area contributed by atoms with E-state index in [1.54, 1.807) is 13.0 Å². The molecule has 1 aromatic heterocycles. The molecule has 0 radical (unpaired) electrons. The van der Waals surface area contributed by atoms with Crippen LogP contribution in [0.2, 0.25) is 0 Å². The van der Waals surface area contributed by atoms with Gasteiger partial charge in [-0.2, -0.15) is 0 Å². The molecule has 1 amide bonds. The topological polar surface area (TPSA) is 99.4 Å². The Labute approximate surface area is 199 Å². The van der Waals surface area contributed by atoms with E-state index >= 15 is 0 Å². The van der Waals surface area contributed by atoms with Crippen LogP contribution in [0.4, 0.5) is 0 Å². The summed E-state index contributed by atoms with van der Waals surface area (Å²) in [5.74, 6) is 0.710. The first-order chi connectivity index (χ1) is 15.7. The molecule has 1 aromatic rings. The minimum atomic E-state index is -0.984. The number of hydrogen-bond acceptors (Lipinski definition) is 8. The van der Waals surface area contributed by atoms with Crippen LogP contribution in [0.1, 0.15) is 72.1 Å². The lowest BCUT2D eigenvalue weighted by atomic mass is 10.0. The zero-order chi connectivity index (χ0) is 24.1. The fourth-order valence-corrected chi connectivity index (χ4v) is 4.94. The molecule has 33 heavy (non-hydrogen) atoms. The number of aliphatic imine (C=N–C) groups is 1. The van der Waals surface area contributed by atoms with Crippen molar-refractivity contribution in [1.82, 2.24) is 5.32 Å². The quantitative estimate of drug-likeness (QED) is 0.425. The van der Waals surface area contributed by atoms with Gasteiger partial charge in [-0.15, -0.1) is 11.8 Å². The zero-order valence-corrected chi connectivity index (χ0v) is 21.1. The van der Waals surface area contributed by atoms with Crippen LogP contribution in [-0.4, -0.2) is 47.9 Å². The van der Waals surface area contributed by atoms with Crippen molar-refractivity contribution < 1.29 is 23.4 Å². The van der Waals surface area contributed by atoms with E-state index in [9.17, 15) is 9.59 Å². The average molecular weight is 481 g/mol. The van der Waals surface area contributed by atoms with Gasteiger partial charge in [0.2, 0.25) is 11.7 Å². The number of carbonyl (C=O) groups excluding carboxylic acids is 1. The molecular weight excluding hydrogens is 444 g/mol. The van der Waals surface area contributed by atoms with E-state index in [0.29, 0.717) is 54.5 Å². The lowest BCUT2D eigenvalue weighted by Gasteiger charge is -2.28. The van der Waals surface area contributed by atoms with E-state index in [2.05, 4.69) is 5.32 Å². The summed E-state index contributed by atoms with van der Waals surface area (Å²) in [6.07, 6.45) is 3.74. The Morgan fingerprint density at radius 1 is 1.30 bits per heavy atom. The number of ether oxygens (including phenoxy) is 3. The summed E-state index contributed by atoms with van der Waals surface area (Å²) < 4.78 is 22.9. The standard InChI is InChI=1S/C24H36N2O6S/c1-6-9-18(19-12-17(13-20(27)32-19)29-14-16-10-11-16)25-21(28)23(4)15-33-22(26-23)24(5,30-7-2)31-8-3/h12-13,16,18H,6-11,14-15H2,1-5H3,(H,25,28)/t18-,23-/m1/s1. The maximum atomic E-state index is 13.3. The van der Waals surface area contributed by atoms with Gasteiger partial charge in [0.15, 0.2) is 0 Å². The van der Waals surface area contributed by atoms with Gasteiger partial charge in [-0.1, -0.05) is 13.3 Å². The molecule has 1 saturated carbocycles. The first-order valence-corrected chi connectivity index (χ1v) is 12.8. The summed E-state index contributed by atoms with van der Waals surface area (Å²) in [7, 11) is 0. The molecular formula is C24H36N2O6S. The highest BCUT2D eigenvalue weighted by molar-refractivity contribution is 8.14. The largest absolute Gasteiger partial charge is 0.493 e. The summed E-state index contributed by atoms with van der Waals surface area (Å²) in [5, 5.41) is 3.71. The number of rotatable bonds is 13. The zero-order valence-electron chi connectivity index (χ0n) is 20.3. The third-order valence-electron chi connectivity index (χ3n) is 5.73.